The van der Waals surface area contributed by atoms with E-state index in [2.05, 4.69) is 43.7 Å². The first-order valence-corrected chi connectivity index (χ1v) is 11.1. The SMILES string of the molecule is Cc1nc2ccc(-c3c[nH]c4nc(NCC5(F)CCCCC5)ncc34)nc2n1C(C)C. The van der Waals surface area contributed by atoms with E-state index in [1.54, 1.807) is 6.20 Å². The van der Waals surface area contributed by atoms with Crippen molar-refractivity contribution in [2.75, 3.05) is 11.9 Å². The Morgan fingerprint density at radius 3 is 2.74 bits per heavy atom. The summed E-state index contributed by atoms with van der Waals surface area (Å²) in [6.45, 7) is 6.52. The van der Waals surface area contributed by atoms with Gasteiger partial charge in [0.1, 0.15) is 22.7 Å². The van der Waals surface area contributed by atoms with Crippen LogP contribution in [0.3, 0.4) is 0 Å². The second-order valence-corrected chi connectivity index (χ2v) is 8.89. The van der Waals surface area contributed by atoms with Crippen LogP contribution in [0.4, 0.5) is 10.3 Å². The quantitative estimate of drug-likeness (QED) is 0.454. The predicted octanol–water partition coefficient (Wildman–Crippen LogP) is 5.34. The summed E-state index contributed by atoms with van der Waals surface area (Å²) in [6, 6.07) is 4.25. The molecule has 4 heterocycles. The molecule has 7 nitrogen and oxygen atoms in total. The highest BCUT2D eigenvalue weighted by Crippen LogP contribution is 2.32. The number of aromatic amines is 1. The molecule has 0 radical (unpaired) electrons. The minimum absolute atomic E-state index is 0.253. The maximum atomic E-state index is 14.9. The van der Waals surface area contributed by atoms with Gasteiger partial charge in [-0.25, -0.2) is 19.3 Å². The minimum Gasteiger partial charge on any atom is -0.351 e. The second kappa shape index (κ2) is 7.59. The summed E-state index contributed by atoms with van der Waals surface area (Å²) in [5.74, 6) is 1.40. The average Bonchev–Trinajstić information content (AvgIpc) is 3.32. The summed E-state index contributed by atoms with van der Waals surface area (Å²) < 4.78 is 17.0. The van der Waals surface area contributed by atoms with E-state index in [1.807, 2.05) is 25.3 Å². The van der Waals surface area contributed by atoms with E-state index in [4.69, 9.17) is 4.98 Å². The Bertz CT molecular complexity index is 1230. The van der Waals surface area contributed by atoms with Crippen LogP contribution in [0.2, 0.25) is 0 Å². The molecule has 0 atom stereocenters. The largest absolute Gasteiger partial charge is 0.351 e. The first kappa shape index (κ1) is 19.9. The summed E-state index contributed by atoms with van der Waals surface area (Å²) in [4.78, 5) is 21.7. The van der Waals surface area contributed by atoms with Crippen LogP contribution in [0, 0.1) is 6.92 Å². The molecule has 2 N–H and O–H groups in total. The van der Waals surface area contributed by atoms with Crippen molar-refractivity contribution in [1.29, 1.82) is 0 Å². The number of halogens is 1. The monoisotopic (exact) mass is 421 g/mol. The number of rotatable bonds is 5. The van der Waals surface area contributed by atoms with Crippen LogP contribution < -0.4 is 5.32 Å². The Kier molecular flexibility index (Phi) is 4.87. The van der Waals surface area contributed by atoms with Gasteiger partial charge in [-0.3, -0.25) is 0 Å². The summed E-state index contributed by atoms with van der Waals surface area (Å²) in [7, 11) is 0. The number of nitrogens with zero attached hydrogens (tertiary/aromatic N) is 5. The van der Waals surface area contributed by atoms with Gasteiger partial charge in [0.25, 0.3) is 0 Å². The lowest BCUT2D eigenvalue weighted by molar-refractivity contribution is 0.122. The molecule has 0 unspecified atom stereocenters. The first-order valence-electron chi connectivity index (χ1n) is 11.1. The van der Waals surface area contributed by atoms with E-state index >= 15 is 0 Å². The molecule has 5 rings (SSSR count). The number of imidazole rings is 1. The van der Waals surface area contributed by atoms with E-state index < -0.39 is 5.67 Å². The third-order valence-corrected chi connectivity index (χ3v) is 6.25. The lowest BCUT2D eigenvalue weighted by atomic mass is 9.86. The molecule has 0 amide bonds. The van der Waals surface area contributed by atoms with Gasteiger partial charge in [0.2, 0.25) is 5.95 Å². The molecule has 0 saturated heterocycles. The fourth-order valence-electron chi connectivity index (χ4n) is 4.66. The van der Waals surface area contributed by atoms with Gasteiger partial charge in [-0.05, 0) is 45.7 Å². The van der Waals surface area contributed by atoms with Gasteiger partial charge in [-0.2, -0.15) is 4.98 Å². The first-order chi connectivity index (χ1) is 14.9. The van der Waals surface area contributed by atoms with E-state index in [1.165, 1.54) is 0 Å². The highest BCUT2D eigenvalue weighted by atomic mass is 19.1. The predicted molar refractivity (Wildman–Crippen MR) is 121 cm³/mol. The minimum atomic E-state index is -1.16. The zero-order valence-electron chi connectivity index (χ0n) is 18.2. The zero-order valence-corrected chi connectivity index (χ0v) is 18.2. The van der Waals surface area contributed by atoms with Gasteiger partial charge in [-0.15, -0.1) is 0 Å². The molecule has 4 aromatic rings. The van der Waals surface area contributed by atoms with Crippen molar-refractivity contribution in [1.82, 2.24) is 29.5 Å². The van der Waals surface area contributed by atoms with Crippen LogP contribution in [0.1, 0.15) is 57.8 Å². The molecule has 31 heavy (non-hydrogen) atoms. The number of hydrogen-bond acceptors (Lipinski definition) is 5. The number of H-pyrrole nitrogens is 1. The van der Waals surface area contributed by atoms with Crippen molar-refractivity contribution in [3.8, 4) is 11.3 Å². The summed E-state index contributed by atoms with van der Waals surface area (Å²) >= 11 is 0. The van der Waals surface area contributed by atoms with Crippen LogP contribution in [0.15, 0.2) is 24.5 Å². The molecule has 1 fully saturated rings. The van der Waals surface area contributed by atoms with Crippen molar-refractivity contribution < 1.29 is 4.39 Å². The van der Waals surface area contributed by atoms with Gasteiger partial charge in [0, 0.05) is 29.4 Å². The summed E-state index contributed by atoms with van der Waals surface area (Å²) in [5.41, 5.74) is 3.09. The van der Waals surface area contributed by atoms with Crippen LogP contribution in [0.5, 0.6) is 0 Å². The summed E-state index contributed by atoms with van der Waals surface area (Å²) in [5, 5.41) is 3.98. The van der Waals surface area contributed by atoms with E-state index in [0.29, 0.717) is 24.4 Å². The molecule has 1 aliphatic carbocycles. The molecular weight excluding hydrogens is 393 g/mol. The van der Waals surface area contributed by atoms with Gasteiger partial charge in [0.15, 0.2) is 5.65 Å². The highest BCUT2D eigenvalue weighted by molar-refractivity contribution is 5.93. The van der Waals surface area contributed by atoms with Crippen molar-refractivity contribution in [3.63, 3.8) is 0 Å². The van der Waals surface area contributed by atoms with E-state index in [9.17, 15) is 4.39 Å². The average molecular weight is 422 g/mol. The third-order valence-electron chi connectivity index (χ3n) is 6.25. The Morgan fingerprint density at radius 1 is 1.16 bits per heavy atom. The zero-order chi connectivity index (χ0) is 21.6. The number of anilines is 1. The number of aryl methyl sites for hydroxylation is 1. The van der Waals surface area contributed by atoms with Crippen molar-refractivity contribution in [2.24, 2.45) is 0 Å². The van der Waals surface area contributed by atoms with Crippen molar-refractivity contribution in [3.05, 3.63) is 30.4 Å². The number of alkyl halides is 1. The van der Waals surface area contributed by atoms with Crippen LogP contribution in [-0.4, -0.2) is 41.7 Å². The molecule has 0 spiro atoms. The van der Waals surface area contributed by atoms with Crippen LogP contribution in [0.25, 0.3) is 33.5 Å². The molecular formula is C23H28FN7. The summed E-state index contributed by atoms with van der Waals surface area (Å²) in [6.07, 6.45) is 7.91. The topological polar surface area (TPSA) is 84.3 Å². The molecule has 0 aromatic carbocycles. The number of nitrogens with one attached hydrogen (secondary N) is 2. The molecule has 1 aliphatic rings. The van der Waals surface area contributed by atoms with Gasteiger partial charge >= 0.3 is 0 Å². The van der Waals surface area contributed by atoms with E-state index in [-0.39, 0.29) is 12.6 Å². The molecule has 0 aliphatic heterocycles. The van der Waals surface area contributed by atoms with Crippen molar-refractivity contribution in [2.45, 2.75) is 64.6 Å². The Labute approximate surface area is 180 Å². The molecule has 4 aromatic heterocycles. The molecule has 8 heteroatoms. The lowest BCUT2D eigenvalue weighted by Crippen LogP contribution is -2.34. The van der Waals surface area contributed by atoms with Gasteiger partial charge in [0.05, 0.1) is 12.2 Å². The number of fused-ring (bicyclic) bond motifs is 2. The fourth-order valence-corrected chi connectivity index (χ4v) is 4.66. The number of pyridine rings is 1. The number of aromatic nitrogens is 6. The van der Waals surface area contributed by atoms with Crippen molar-refractivity contribution >= 4 is 28.1 Å². The second-order valence-electron chi connectivity index (χ2n) is 8.89. The standard InChI is InChI=1S/C23H28FN7/c1-14(2)31-15(3)28-19-8-7-18(29-21(19)31)16-11-25-20-17(16)12-26-22(30-20)27-13-23(24)9-5-4-6-10-23/h7-8,11-12,14H,4-6,9-10,13H2,1-3H3,(H2,25,26,27,30). The molecule has 1 saturated carbocycles. The van der Waals surface area contributed by atoms with E-state index in [0.717, 1.165) is 52.9 Å². The molecule has 0 bridgehead atoms. The van der Waals surface area contributed by atoms with Gasteiger partial charge in [-0.1, -0.05) is 19.3 Å². The van der Waals surface area contributed by atoms with Crippen LogP contribution >= 0.6 is 0 Å². The fraction of sp³-hybridized carbons (Fsp3) is 0.478. The Balaban J connectivity index is 1.44. The normalized spacial score (nSPS) is 16.4. The smallest absolute Gasteiger partial charge is 0.224 e. The Morgan fingerprint density at radius 2 is 1.97 bits per heavy atom. The highest BCUT2D eigenvalue weighted by Gasteiger charge is 2.31. The number of hydrogen-bond donors (Lipinski definition) is 2. The maximum absolute atomic E-state index is 14.9. The third kappa shape index (κ3) is 3.64. The van der Waals surface area contributed by atoms with Crippen LogP contribution in [-0.2, 0) is 0 Å². The molecule has 162 valence electrons. The lowest BCUT2D eigenvalue weighted by Gasteiger charge is -2.29. The Hall–Kier alpha value is -3.03. The van der Waals surface area contributed by atoms with Gasteiger partial charge < -0.3 is 14.9 Å². The maximum Gasteiger partial charge on any atom is 0.224 e.